The number of hydrogen-bond acceptors (Lipinski definition) is 4. The zero-order valence-electron chi connectivity index (χ0n) is 11.4. The van der Waals surface area contributed by atoms with Crippen LogP contribution in [0, 0.1) is 11.3 Å². The predicted molar refractivity (Wildman–Crippen MR) is 76.5 cm³/mol. The standard InChI is InChI=1S/C14H18N2O3S/c1-12(13-7-3-2-4-8-13)16-14(17)11-20(18,19)10-6-5-9-15/h2-4,7-8,12H,5-6,10-11H2,1H3,(H,16,17). The van der Waals surface area contributed by atoms with Crippen LogP contribution >= 0.6 is 0 Å². The molecular weight excluding hydrogens is 276 g/mol. The Labute approximate surface area is 119 Å². The number of carbonyl (C=O) groups excluding carboxylic acids is 1. The normalized spacial score (nSPS) is 12.4. The minimum Gasteiger partial charge on any atom is -0.349 e. The van der Waals surface area contributed by atoms with Crippen LogP contribution in [0.3, 0.4) is 0 Å². The Hall–Kier alpha value is -1.87. The highest BCUT2D eigenvalue weighted by molar-refractivity contribution is 7.92. The van der Waals surface area contributed by atoms with Crippen molar-refractivity contribution in [1.82, 2.24) is 5.32 Å². The van der Waals surface area contributed by atoms with Gasteiger partial charge in [0.05, 0.1) is 17.9 Å². The molecule has 5 nitrogen and oxygen atoms in total. The molecule has 0 aliphatic rings. The van der Waals surface area contributed by atoms with Gasteiger partial charge in [-0.3, -0.25) is 4.79 Å². The molecule has 6 heteroatoms. The van der Waals surface area contributed by atoms with Gasteiger partial charge < -0.3 is 5.32 Å². The van der Waals surface area contributed by atoms with Crippen LogP contribution in [-0.4, -0.2) is 25.8 Å². The maximum Gasteiger partial charge on any atom is 0.235 e. The first-order valence-corrected chi connectivity index (χ1v) is 8.18. The molecule has 0 saturated carbocycles. The molecule has 0 aliphatic heterocycles. The van der Waals surface area contributed by atoms with Crippen molar-refractivity contribution in [2.45, 2.75) is 25.8 Å². The Morgan fingerprint density at radius 3 is 2.60 bits per heavy atom. The van der Waals surface area contributed by atoms with Crippen LogP contribution in [0.25, 0.3) is 0 Å². The van der Waals surface area contributed by atoms with Crippen molar-refractivity contribution in [3.63, 3.8) is 0 Å². The van der Waals surface area contributed by atoms with E-state index in [1.807, 2.05) is 36.4 Å². The summed E-state index contributed by atoms with van der Waals surface area (Å²) in [4.78, 5) is 11.7. The van der Waals surface area contributed by atoms with Gasteiger partial charge in [0.1, 0.15) is 5.75 Å². The monoisotopic (exact) mass is 294 g/mol. The summed E-state index contributed by atoms with van der Waals surface area (Å²) in [5, 5.41) is 11.0. The van der Waals surface area contributed by atoms with Gasteiger partial charge in [-0.15, -0.1) is 0 Å². The molecule has 0 radical (unpaired) electrons. The van der Waals surface area contributed by atoms with Gasteiger partial charge >= 0.3 is 0 Å². The van der Waals surface area contributed by atoms with E-state index in [9.17, 15) is 13.2 Å². The first kappa shape index (κ1) is 16.2. The first-order chi connectivity index (χ1) is 9.44. The number of nitrogens with zero attached hydrogens (tertiary/aromatic N) is 1. The highest BCUT2D eigenvalue weighted by atomic mass is 32.2. The molecule has 1 aromatic carbocycles. The SMILES string of the molecule is CC(NC(=O)CS(=O)(=O)CCCC#N)c1ccccc1. The molecule has 1 amide bonds. The molecule has 0 fully saturated rings. The van der Waals surface area contributed by atoms with Crippen LogP contribution in [0.5, 0.6) is 0 Å². The molecule has 0 bridgehead atoms. The lowest BCUT2D eigenvalue weighted by molar-refractivity contribution is -0.119. The second-order valence-corrected chi connectivity index (χ2v) is 6.74. The summed E-state index contributed by atoms with van der Waals surface area (Å²) in [6, 6.07) is 11.0. The summed E-state index contributed by atoms with van der Waals surface area (Å²) in [6.45, 7) is 1.80. The molecule has 108 valence electrons. The van der Waals surface area contributed by atoms with Crippen molar-refractivity contribution in [2.75, 3.05) is 11.5 Å². The van der Waals surface area contributed by atoms with E-state index in [1.54, 1.807) is 6.92 Å². The van der Waals surface area contributed by atoms with Crippen LogP contribution in [-0.2, 0) is 14.6 Å². The maximum atomic E-state index is 11.7. The predicted octanol–water partition coefficient (Wildman–Crippen LogP) is 1.58. The molecule has 20 heavy (non-hydrogen) atoms. The molecule has 1 rings (SSSR count). The van der Waals surface area contributed by atoms with Crippen molar-refractivity contribution >= 4 is 15.7 Å². The number of amides is 1. The average molecular weight is 294 g/mol. The van der Waals surface area contributed by atoms with Crippen LogP contribution < -0.4 is 5.32 Å². The summed E-state index contributed by atoms with van der Waals surface area (Å²) >= 11 is 0. The number of hydrogen-bond donors (Lipinski definition) is 1. The average Bonchev–Trinajstić information content (AvgIpc) is 2.39. The zero-order valence-corrected chi connectivity index (χ0v) is 12.2. The number of nitriles is 1. The van der Waals surface area contributed by atoms with Gasteiger partial charge in [-0.25, -0.2) is 8.42 Å². The molecule has 0 heterocycles. The number of rotatable bonds is 7. The summed E-state index contributed by atoms with van der Waals surface area (Å²) < 4.78 is 23.3. The van der Waals surface area contributed by atoms with Crippen molar-refractivity contribution in [3.8, 4) is 6.07 Å². The summed E-state index contributed by atoms with van der Waals surface area (Å²) in [5.74, 6) is -1.18. The molecule has 0 saturated heterocycles. The van der Waals surface area contributed by atoms with E-state index < -0.39 is 21.5 Å². The molecule has 0 spiro atoms. The molecular formula is C14H18N2O3S. The van der Waals surface area contributed by atoms with E-state index in [0.717, 1.165) is 5.56 Å². The Balaban J connectivity index is 2.49. The number of nitrogens with one attached hydrogen (secondary N) is 1. The smallest absolute Gasteiger partial charge is 0.235 e. The van der Waals surface area contributed by atoms with E-state index in [-0.39, 0.29) is 24.6 Å². The minimum atomic E-state index is -3.44. The summed E-state index contributed by atoms with van der Waals surface area (Å²) in [6.07, 6.45) is 0.446. The van der Waals surface area contributed by atoms with Crippen molar-refractivity contribution in [2.24, 2.45) is 0 Å². The van der Waals surface area contributed by atoms with Crippen LogP contribution in [0.1, 0.15) is 31.4 Å². The van der Waals surface area contributed by atoms with E-state index in [1.165, 1.54) is 0 Å². The van der Waals surface area contributed by atoms with Gasteiger partial charge in [0, 0.05) is 6.42 Å². The quantitative estimate of drug-likeness (QED) is 0.773. The molecule has 1 atom stereocenters. The van der Waals surface area contributed by atoms with Crippen molar-refractivity contribution < 1.29 is 13.2 Å². The maximum absolute atomic E-state index is 11.7. The highest BCUT2D eigenvalue weighted by Gasteiger charge is 2.18. The third kappa shape index (κ3) is 5.85. The lowest BCUT2D eigenvalue weighted by Crippen LogP contribution is -2.33. The first-order valence-electron chi connectivity index (χ1n) is 6.36. The number of carbonyl (C=O) groups is 1. The molecule has 1 unspecified atom stereocenters. The largest absolute Gasteiger partial charge is 0.349 e. The fourth-order valence-electron chi connectivity index (χ4n) is 1.75. The zero-order chi connectivity index (χ0) is 15.0. The Kier molecular flexibility index (Phi) is 6.19. The van der Waals surface area contributed by atoms with Gasteiger partial charge in [-0.05, 0) is 18.9 Å². The van der Waals surface area contributed by atoms with E-state index in [0.29, 0.717) is 0 Å². The van der Waals surface area contributed by atoms with Crippen molar-refractivity contribution in [1.29, 1.82) is 5.26 Å². The van der Waals surface area contributed by atoms with Gasteiger partial charge in [0.2, 0.25) is 5.91 Å². The Morgan fingerprint density at radius 2 is 2.00 bits per heavy atom. The summed E-state index contributed by atoms with van der Waals surface area (Å²) in [7, 11) is -3.44. The summed E-state index contributed by atoms with van der Waals surface area (Å²) in [5.41, 5.74) is 0.919. The van der Waals surface area contributed by atoms with Crippen LogP contribution in [0.4, 0.5) is 0 Å². The number of benzene rings is 1. The molecule has 1 aromatic rings. The molecule has 0 aliphatic carbocycles. The Bertz CT molecular complexity index is 576. The third-order valence-corrected chi connectivity index (χ3v) is 4.38. The second-order valence-electron chi connectivity index (χ2n) is 4.55. The van der Waals surface area contributed by atoms with Gasteiger partial charge in [0.15, 0.2) is 9.84 Å². The van der Waals surface area contributed by atoms with Crippen molar-refractivity contribution in [3.05, 3.63) is 35.9 Å². The number of sulfone groups is 1. The topological polar surface area (TPSA) is 87.0 Å². The fraction of sp³-hybridized carbons (Fsp3) is 0.429. The Morgan fingerprint density at radius 1 is 1.35 bits per heavy atom. The van der Waals surface area contributed by atoms with Gasteiger partial charge in [-0.1, -0.05) is 30.3 Å². The van der Waals surface area contributed by atoms with E-state index in [4.69, 9.17) is 5.26 Å². The molecule has 0 aromatic heterocycles. The van der Waals surface area contributed by atoms with E-state index in [2.05, 4.69) is 5.32 Å². The lowest BCUT2D eigenvalue weighted by Gasteiger charge is -2.14. The highest BCUT2D eigenvalue weighted by Crippen LogP contribution is 2.11. The van der Waals surface area contributed by atoms with Crippen LogP contribution in [0.15, 0.2) is 30.3 Å². The van der Waals surface area contributed by atoms with Gasteiger partial charge in [0.25, 0.3) is 0 Å². The molecule has 1 N–H and O–H groups in total. The van der Waals surface area contributed by atoms with Crippen LogP contribution in [0.2, 0.25) is 0 Å². The van der Waals surface area contributed by atoms with Gasteiger partial charge in [-0.2, -0.15) is 5.26 Å². The van der Waals surface area contributed by atoms with E-state index >= 15 is 0 Å². The second kappa shape index (κ2) is 7.65. The third-order valence-electron chi connectivity index (χ3n) is 2.77. The number of unbranched alkanes of at least 4 members (excludes halogenated alkanes) is 1. The fourth-order valence-corrected chi connectivity index (χ4v) is 2.96. The minimum absolute atomic E-state index is 0.131. The lowest BCUT2D eigenvalue weighted by atomic mass is 10.1.